The smallest absolute Gasteiger partial charge is 0.127 e. The van der Waals surface area contributed by atoms with E-state index in [1.165, 1.54) is 0 Å². The van der Waals surface area contributed by atoms with Crippen LogP contribution in [0.5, 0.6) is 11.5 Å². The van der Waals surface area contributed by atoms with Gasteiger partial charge in [-0.25, -0.2) is 4.98 Å². The van der Waals surface area contributed by atoms with Gasteiger partial charge in [0.25, 0.3) is 0 Å². The van der Waals surface area contributed by atoms with Gasteiger partial charge in [0.05, 0.1) is 14.2 Å². The number of nitrogens with one attached hydrogen (secondary N) is 1. The molecular weight excluding hydrogens is 254 g/mol. The van der Waals surface area contributed by atoms with E-state index in [0.29, 0.717) is 0 Å². The van der Waals surface area contributed by atoms with Gasteiger partial charge in [-0.05, 0) is 13.0 Å². The Labute approximate surface area is 119 Å². The largest absolute Gasteiger partial charge is 0.497 e. The summed E-state index contributed by atoms with van der Waals surface area (Å²) in [6.45, 7) is 4.56. The van der Waals surface area contributed by atoms with E-state index in [9.17, 15) is 0 Å². The van der Waals surface area contributed by atoms with Crippen molar-refractivity contribution in [3.63, 3.8) is 0 Å². The zero-order valence-electron chi connectivity index (χ0n) is 12.2. The topological polar surface area (TPSA) is 48.3 Å². The Morgan fingerprint density at radius 1 is 1.25 bits per heavy atom. The van der Waals surface area contributed by atoms with Gasteiger partial charge in [-0.1, -0.05) is 6.07 Å². The molecule has 108 valence electrons. The van der Waals surface area contributed by atoms with Crippen LogP contribution < -0.4 is 14.8 Å². The van der Waals surface area contributed by atoms with Crippen molar-refractivity contribution in [2.45, 2.75) is 20.0 Å². The number of aryl methyl sites for hydroxylation is 1. The summed E-state index contributed by atoms with van der Waals surface area (Å²) in [5.74, 6) is 2.68. The molecule has 0 amide bonds. The third kappa shape index (κ3) is 3.51. The molecule has 0 bridgehead atoms. The number of ether oxygens (including phenoxy) is 2. The van der Waals surface area contributed by atoms with E-state index in [1.54, 1.807) is 14.2 Å². The lowest BCUT2D eigenvalue weighted by Crippen LogP contribution is -2.20. The summed E-state index contributed by atoms with van der Waals surface area (Å²) in [4.78, 5) is 4.20. The highest BCUT2D eigenvalue weighted by Gasteiger charge is 2.04. The summed E-state index contributed by atoms with van der Waals surface area (Å²) in [5.41, 5.74) is 1.12. The van der Waals surface area contributed by atoms with Crippen LogP contribution in [0, 0.1) is 6.92 Å². The molecule has 20 heavy (non-hydrogen) atoms. The summed E-state index contributed by atoms with van der Waals surface area (Å²) >= 11 is 0. The van der Waals surface area contributed by atoms with Crippen LogP contribution in [0.25, 0.3) is 0 Å². The number of methoxy groups -OCH3 is 2. The minimum absolute atomic E-state index is 0.765. The van der Waals surface area contributed by atoms with Gasteiger partial charge in [0.15, 0.2) is 0 Å². The van der Waals surface area contributed by atoms with Crippen molar-refractivity contribution in [3.8, 4) is 11.5 Å². The van der Waals surface area contributed by atoms with Crippen LogP contribution >= 0.6 is 0 Å². The van der Waals surface area contributed by atoms with Crippen molar-refractivity contribution in [1.82, 2.24) is 14.9 Å². The second-order valence-electron chi connectivity index (χ2n) is 4.52. The molecule has 0 aliphatic heterocycles. The zero-order chi connectivity index (χ0) is 14.4. The molecule has 1 heterocycles. The second kappa shape index (κ2) is 6.96. The predicted octanol–water partition coefficient (Wildman–Crippen LogP) is 2.00. The van der Waals surface area contributed by atoms with Gasteiger partial charge in [0.2, 0.25) is 0 Å². The van der Waals surface area contributed by atoms with Crippen LogP contribution in [0.1, 0.15) is 11.4 Å². The fourth-order valence-corrected chi connectivity index (χ4v) is 2.06. The van der Waals surface area contributed by atoms with Crippen molar-refractivity contribution in [1.29, 1.82) is 0 Å². The molecule has 1 aromatic heterocycles. The fourth-order valence-electron chi connectivity index (χ4n) is 2.06. The van der Waals surface area contributed by atoms with Crippen molar-refractivity contribution in [2.75, 3.05) is 20.8 Å². The predicted molar refractivity (Wildman–Crippen MR) is 78.2 cm³/mol. The Morgan fingerprint density at radius 2 is 2.10 bits per heavy atom. The standard InChI is InChI=1S/C15H21N3O2/c1-12-17-7-9-18(12)8-6-16-11-13-4-5-14(19-2)10-15(13)20-3/h4-5,7,9-10,16H,6,8,11H2,1-3H3. The van der Waals surface area contributed by atoms with E-state index >= 15 is 0 Å². The monoisotopic (exact) mass is 275 g/mol. The molecule has 0 fully saturated rings. The summed E-state index contributed by atoms with van der Waals surface area (Å²) in [6.07, 6.45) is 3.81. The molecule has 2 rings (SSSR count). The molecule has 1 aromatic carbocycles. The summed E-state index contributed by atoms with van der Waals surface area (Å²) in [6, 6.07) is 5.86. The minimum Gasteiger partial charge on any atom is -0.497 e. The van der Waals surface area contributed by atoms with Crippen LogP contribution in [-0.4, -0.2) is 30.3 Å². The highest BCUT2D eigenvalue weighted by Crippen LogP contribution is 2.24. The van der Waals surface area contributed by atoms with E-state index < -0.39 is 0 Å². The van der Waals surface area contributed by atoms with Crippen molar-refractivity contribution in [3.05, 3.63) is 42.0 Å². The molecule has 0 radical (unpaired) electrons. The maximum Gasteiger partial charge on any atom is 0.127 e. The zero-order valence-corrected chi connectivity index (χ0v) is 12.2. The molecule has 0 saturated carbocycles. The highest BCUT2D eigenvalue weighted by atomic mass is 16.5. The maximum atomic E-state index is 5.37. The lowest BCUT2D eigenvalue weighted by atomic mass is 10.2. The van der Waals surface area contributed by atoms with Crippen LogP contribution in [0.4, 0.5) is 0 Å². The number of aromatic nitrogens is 2. The van der Waals surface area contributed by atoms with Crippen LogP contribution in [0.2, 0.25) is 0 Å². The molecule has 0 spiro atoms. The first-order valence-electron chi connectivity index (χ1n) is 6.64. The first-order chi connectivity index (χ1) is 9.74. The summed E-state index contributed by atoms with van der Waals surface area (Å²) in [7, 11) is 3.33. The van der Waals surface area contributed by atoms with Gasteiger partial charge in [-0.15, -0.1) is 0 Å². The van der Waals surface area contributed by atoms with Gasteiger partial charge in [-0.2, -0.15) is 0 Å². The van der Waals surface area contributed by atoms with Gasteiger partial charge >= 0.3 is 0 Å². The lowest BCUT2D eigenvalue weighted by Gasteiger charge is -2.11. The Balaban J connectivity index is 1.86. The Hall–Kier alpha value is -2.01. The SMILES string of the molecule is COc1ccc(CNCCn2ccnc2C)c(OC)c1. The van der Waals surface area contributed by atoms with Gasteiger partial charge in [-0.3, -0.25) is 0 Å². The van der Waals surface area contributed by atoms with E-state index in [2.05, 4.69) is 14.9 Å². The maximum absolute atomic E-state index is 5.37. The molecule has 0 unspecified atom stereocenters. The number of imidazole rings is 1. The molecular formula is C15H21N3O2. The Bertz CT molecular complexity index is 552. The third-order valence-electron chi connectivity index (χ3n) is 3.26. The molecule has 1 N–H and O–H groups in total. The summed E-state index contributed by atoms with van der Waals surface area (Å²) < 4.78 is 12.7. The quantitative estimate of drug-likeness (QED) is 0.785. The fraction of sp³-hybridized carbons (Fsp3) is 0.400. The molecule has 5 heteroatoms. The number of hydrogen-bond donors (Lipinski definition) is 1. The number of nitrogens with zero attached hydrogens (tertiary/aromatic N) is 2. The molecule has 0 aliphatic carbocycles. The highest BCUT2D eigenvalue weighted by molar-refractivity contribution is 5.40. The van der Waals surface area contributed by atoms with Crippen molar-refractivity contribution in [2.24, 2.45) is 0 Å². The van der Waals surface area contributed by atoms with E-state index in [-0.39, 0.29) is 0 Å². The summed E-state index contributed by atoms with van der Waals surface area (Å²) in [5, 5.41) is 3.41. The van der Waals surface area contributed by atoms with Crippen molar-refractivity contribution < 1.29 is 9.47 Å². The molecule has 0 saturated heterocycles. The average Bonchev–Trinajstić information content (AvgIpc) is 2.89. The molecule has 2 aromatic rings. The Morgan fingerprint density at radius 3 is 2.75 bits per heavy atom. The van der Waals surface area contributed by atoms with Crippen molar-refractivity contribution >= 4 is 0 Å². The average molecular weight is 275 g/mol. The first kappa shape index (κ1) is 14.4. The van der Waals surface area contributed by atoms with E-state index in [1.807, 2.05) is 37.5 Å². The number of hydrogen-bond acceptors (Lipinski definition) is 4. The van der Waals surface area contributed by atoms with Crippen LogP contribution in [0.3, 0.4) is 0 Å². The normalized spacial score (nSPS) is 10.6. The van der Waals surface area contributed by atoms with Gasteiger partial charge < -0.3 is 19.4 Å². The Kier molecular flexibility index (Phi) is 5.01. The second-order valence-corrected chi connectivity index (χ2v) is 4.52. The number of benzene rings is 1. The first-order valence-corrected chi connectivity index (χ1v) is 6.64. The molecule has 5 nitrogen and oxygen atoms in total. The third-order valence-corrected chi connectivity index (χ3v) is 3.26. The molecule has 0 aliphatic rings. The van der Waals surface area contributed by atoms with Crippen LogP contribution in [-0.2, 0) is 13.1 Å². The minimum atomic E-state index is 0.765. The van der Waals surface area contributed by atoms with E-state index in [4.69, 9.17) is 9.47 Å². The van der Waals surface area contributed by atoms with Gasteiger partial charge in [0.1, 0.15) is 17.3 Å². The van der Waals surface area contributed by atoms with Gasteiger partial charge in [0, 0.05) is 43.7 Å². The van der Waals surface area contributed by atoms with Crippen LogP contribution in [0.15, 0.2) is 30.6 Å². The molecule has 0 atom stereocenters. The number of rotatable bonds is 7. The van der Waals surface area contributed by atoms with E-state index in [0.717, 1.165) is 42.5 Å². The lowest BCUT2D eigenvalue weighted by molar-refractivity contribution is 0.389.